The van der Waals surface area contributed by atoms with Crippen molar-refractivity contribution in [3.05, 3.63) is 29.8 Å². The first-order valence-corrected chi connectivity index (χ1v) is 9.28. The lowest BCUT2D eigenvalue weighted by atomic mass is 9.88. The summed E-state index contributed by atoms with van der Waals surface area (Å²) in [7, 11) is -3.90. The van der Waals surface area contributed by atoms with Crippen molar-refractivity contribution >= 4 is 15.9 Å². The molecule has 0 aliphatic carbocycles. The number of sulfonamides is 1. The van der Waals surface area contributed by atoms with E-state index in [-0.39, 0.29) is 37.0 Å². The third kappa shape index (κ3) is 3.59. The quantitative estimate of drug-likeness (QED) is 0.827. The standard InChI is InChI=1S/C16H22F2N2O3S/c1-4-16(2,3)15(21)19-7-9-20(10-8-19)24(22,23)12-5-6-13(17)14(18)11-12/h5-6,11H,4,7-10H2,1-3H3. The average Bonchev–Trinajstić information content (AvgIpc) is 2.56. The third-order valence-corrected chi connectivity index (χ3v) is 6.41. The lowest BCUT2D eigenvalue weighted by Gasteiger charge is -2.37. The molecule has 1 aromatic carbocycles. The molecule has 24 heavy (non-hydrogen) atoms. The van der Waals surface area contributed by atoms with Crippen LogP contribution in [0.2, 0.25) is 0 Å². The maximum Gasteiger partial charge on any atom is 0.243 e. The maximum absolute atomic E-state index is 13.3. The fraction of sp³-hybridized carbons (Fsp3) is 0.562. The van der Waals surface area contributed by atoms with E-state index in [2.05, 4.69) is 0 Å². The zero-order valence-corrected chi connectivity index (χ0v) is 14.9. The molecule has 1 amide bonds. The van der Waals surface area contributed by atoms with Crippen molar-refractivity contribution in [2.45, 2.75) is 32.1 Å². The Morgan fingerprint density at radius 2 is 1.71 bits per heavy atom. The number of benzene rings is 1. The van der Waals surface area contributed by atoms with Crippen LogP contribution in [0, 0.1) is 17.0 Å². The minimum absolute atomic E-state index is 0.00475. The monoisotopic (exact) mass is 360 g/mol. The van der Waals surface area contributed by atoms with Gasteiger partial charge in [0.2, 0.25) is 15.9 Å². The highest BCUT2D eigenvalue weighted by Crippen LogP contribution is 2.25. The number of halogens is 2. The lowest BCUT2D eigenvalue weighted by molar-refractivity contribution is -0.141. The lowest BCUT2D eigenvalue weighted by Crippen LogP contribution is -2.53. The number of amides is 1. The molecule has 0 atom stereocenters. The van der Waals surface area contributed by atoms with Crippen LogP contribution in [0.1, 0.15) is 27.2 Å². The summed E-state index contributed by atoms with van der Waals surface area (Å²) in [4.78, 5) is 13.8. The van der Waals surface area contributed by atoms with Crippen molar-refractivity contribution in [3.8, 4) is 0 Å². The number of carbonyl (C=O) groups is 1. The Kier molecular flexibility index (Phi) is 5.29. The van der Waals surface area contributed by atoms with E-state index in [0.717, 1.165) is 12.1 Å². The van der Waals surface area contributed by atoms with Crippen molar-refractivity contribution in [1.82, 2.24) is 9.21 Å². The van der Waals surface area contributed by atoms with Crippen molar-refractivity contribution in [2.75, 3.05) is 26.2 Å². The van der Waals surface area contributed by atoms with Crippen molar-refractivity contribution in [3.63, 3.8) is 0 Å². The van der Waals surface area contributed by atoms with Crippen LogP contribution in [-0.4, -0.2) is 49.7 Å². The Morgan fingerprint density at radius 3 is 2.21 bits per heavy atom. The third-order valence-electron chi connectivity index (χ3n) is 4.52. The summed E-state index contributed by atoms with van der Waals surface area (Å²) < 4.78 is 52.5. The van der Waals surface area contributed by atoms with E-state index < -0.39 is 27.1 Å². The fourth-order valence-electron chi connectivity index (χ4n) is 2.50. The van der Waals surface area contributed by atoms with Crippen molar-refractivity contribution in [1.29, 1.82) is 0 Å². The van der Waals surface area contributed by atoms with Gasteiger partial charge in [0.15, 0.2) is 11.6 Å². The van der Waals surface area contributed by atoms with Gasteiger partial charge >= 0.3 is 0 Å². The minimum Gasteiger partial charge on any atom is -0.340 e. The predicted octanol–water partition coefficient (Wildman–Crippen LogP) is 2.23. The van der Waals surface area contributed by atoms with Gasteiger partial charge in [-0.25, -0.2) is 17.2 Å². The number of rotatable bonds is 4. The second-order valence-corrected chi connectivity index (χ2v) is 8.45. The number of carbonyl (C=O) groups excluding carboxylic acids is 1. The minimum atomic E-state index is -3.90. The molecule has 1 saturated heterocycles. The molecule has 1 aromatic rings. The smallest absolute Gasteiger partial charge is 0.243 e. The summed E-state index contributed by atoms with van der Waals surface area (Å²) >= 11 is 0. The van der Waals surface area contributed by atoms with Crippen LogP contribution in [0.3, 0.4) is 0 Å². The van der Waals surface area contributed by atoms with E-state index in [1.165, 1.54) is 4.31 Å². The Hall–Kier alpha value is -1.54. The Balaban J connectivity index is 2.11. The van der Waals surface area contributed by atoms with Crippen LogP contribution in [0.4, 0.5) is 8.78 Å². The van der Waals surface area contributed by atoms with E-state index in [4.69, 9.17) is 0 Å². The molecule has 1 fully saturated rings. The molecule has 5 nitrogen and oxygen atoms in total. The zero-order valence-electron chi connectivity index (χ0n) is 14.1. The van der Waals surface area contributed by atoms with E-state index in [9.17, 15) is 22.0 Å². The van der Waals surface area contributed by atoms with Crippen LogP contribution in [0.25, 0.3) is 0 Å². The number of hydrogen-bond donors (Lipinski definition) is 0. The number of nitrogens with zero attached hydrogens (tertiary/aromatic N) is 2. The van der Waals surface area contributed by atoms with Gasteiger partial charge in [0, 0.05) is 31.6 Å². The normalized spacial score (nSPS) is 17.1. The van der Waals surface area contributed by atoms with Gasteiger partial charge in [-0.05, 0) is 24.6 Å². The maximum atomic E-state index is 13.3. The highest BCUT2D eigenvalue weighted by Gasteiger charge is 2.35. The molecule has 1 aliphatic rings. The van der Waals surface area contributed by atoms with Crippen LogP contribution >= 0.6 is 0 Å². The molecule has 1 aliphatic heterocycles. The van der Waals surface area contributed by atoms with Crippen molar-refractivity contribution in [2.24, 2.45) is 5.41 Å². The van der Waals surface area contributed by atoms with Crippen LogP contribution in [-0.2, 0) is 14.8 Å². The molecule has 8 heteroatoms. The molecule has 2 rings (SSSR count). The van der Waals surface area contributed by atoms with Gasteiger partial charge in [-0.15, -0.1) is 0 Å². The first kappa shape index (κ1) is 18.8. The number of piperazine rings is 1. The first-order chi connectivity index (χ1) is 11.1. The van der Waals surface area contributed by atoms with E-state index in [1.807, 2.05) is 20.8 Å². The molecule has 0 spiro atoms. The van der Waals surface area contributed by atoms with Gasteiger partial charge < -0.3 is 4.90 Å². The van der Waals surface area contributed by atoms with Crippen LogP contribution < -0.4 is 0 Å². The molecule has 0 N–H and O–H groups in total. The summed E-state index contributed by atoms with van der Waals surface area (Å²) in [5.41, 5.74) is -0.485. The topological polar surface area (TPSA) is 57.7 Å². The van der Waals surface area contributed by atoms with E-state index >= 15 is 0 Å². The molecule has 0 saturated carbocycles. The average molecular weight is 360 g/mol. The van der Waals surface area contributed by atoms with Gasteiger partial charge in [-0.3, -0.25) is 4.79 Å². The highest BCUT2D eigenvalue weighted by molar-refractivity contribution is 7.89. The van der Waals surface area contributed by atoms with Gasteiger partial charge in [-0.1, -0.05) is 20.8 Å². The van der Waals surface area contributed by atoms with Crippen LogP contribution in [0.5, 0.6) is 0 Å². The fourth-order valence-corrected chi connectivity index (χ4v) is 3.93. The zero-order chi connectivity index (χ0) is 18.1. The van der Waals surface area contributed by atoms with Crippen molar-refractivity contribution < 1.29 is 22.0 Å². The molecule has 0 radical (unpaired) electrons. The molecule has 0 unspecified atom stereocenters. The molecular formula is C16H22F2N2O3S. The molecule has 134 valence electrons. The first-order valence-electron chi connectivity index (χ1n) is 7.84. The highest BCUT2D eigenvalue weighted by atomic mass is 32.2. The Bertz CT molecular complexity index is 727. The van der Waals surface area contributed by atoms with Gasteiger partial charge in [0.25, 0.3) is 0 Å². The second kappa shape index (κ2) is 6.76. The second-order valence-electron chi connectivity index (χ2n) is 6.51. The summed E-state index contributed by atoms with van der Waals surface area (Å²) in [6.07, 6.45) is 0.694. The molecule has 0 aromatic heterocycles. The predicted molar refractivity (Wildman–Crippen MR) is 85.8 cm³/mol. The van der Waals surface area contributed by atoms with E-state index in [1.54, 1.807) is 4.90 Å². The Labute approximate surface area is 141 Å². The summed E-state index contributed by atoms with van der Waals surface area (Å²) in [5, 5.41) is 0. The van der Waals surface area contributed by atoms with E-state index in [0.29, 0.717) is 12.5 Å². The molecule has 0 bridgehead atoms. The van der Waals surface area contributed by atoms with Gasteiger partial charge in [0.05, 0.1) is 4.90 Å². The van der Waals surface area contributed by atoms with Gasteiger partial charge in [-0.2, -0.15) is 4.31 Å². The van der Waals surface area contributed by atoms with Crippen LogP contribution in [0.15, 0.2) is 23.1 Å². The molecule has 1 heterocycles. The number of hydrogen-bond acceptors (Lipinski definition) is 3. The summed E-state index contributed by atoms with van der Waals surface area (Å²) in [5.74, 6) is -2.30. The summed E-state index contributed by atoms with van der Waals surface area (Å²) in [6.45, 7) is 6.48. The largest absolute Gasteiger partial charge is 0.340 e. The molecular weight excluding hydrogens is 338 g/mol. The summed E-state index contributed by atoms with van der Waals surface area (Å²) in [6, 6.07) is 2.53. The Morgan fingerprint density at radius 1 is 1.12 bits per heavy atom. The van der Waals surface area contributed by atoms with Gasteiger partial charge in [0.1, 0.15) is 0 Å². The SMILES string of the molecule is CCC(C)(C)C(=O)N1CCN(S(=O)(=O)c2ccc(F)c(F)c2)CC1.